The molecule has 0 aromatic heterocycles. The van der Waals surface area contributed by atoms with Crippen molar-refractivity contribution in [3.8, 4) is 5.75 Å². The van der Waals surface area contributed by atoms with Gasteiger partial charge >= 0.3 is 0 Å². The van der Waals surface area contributed by atoms with Gasteiger partial charge in [0.25, 0.3) is 0 Å². The van der Waals surface area contributed by atoms with Crippen LogP contribution in [0.4, 0.5) is 0 Å². The van der Waals surface area contributed by atoms with Gasteiger partial charge in [0, 0.05) is 19.1 Å². The van der Waals surface area contributed by atoms with Gasteiger partial charge in [0.2, 0.25) is 0 Å². The Labute approximate surface area is 128 Å². The Morgan fingerprint density at radius 2 is 2.00 bits per heavy atom. The zero-order valence-electron chi connectivity index (χ0n) is 13.4. The SMILES string of the molecule is CCNC(=NCCc1ccc(OC(C)C)cc1)NC1CC1. The molecule has 2 rings (SSSR count). The van der Waals surface area contributed by atoms with E-state index in [0.29, 0.717) is 6.04 Å². The van der Waals surface area contributed by atoms with Gasteiger partial charge in [0.15, 0.2) is 5.96 Å². The largest absolute Gasteiger partial charge is 0.491 e. The number of ether oxygens (including phenoxy) is 1. The number of aliphatic imine (C=N–C) groups is 1. The Kier molecular flexibility index (Phi) is 5.90. The molecular formula is C17H27N3O. The van der Waals surface area contributed by atoms with E-state index in [0.717, 1.165) is 31.2 Å². The van der Waals surface area contributed by atoms with E-state index in [1.54, 1.807) is 0 Å². The fourth-order valence-corrected chi connectivity index (χ4v) is 2.04. The molecule has 116 valence electrons. The molecule has 0 bridgehead atoms. The van der Waals surface area contributed by atoms with E-state index in [4.69, 9.17) is 4.74 Å². The molecule has 4 heteroatoms. The van der Waals surface area contributed by atoms with Crippen molar-refractivity contribution < 1.29 is 4.74 Å². The van der Waals surface area contributed by atoms with E-state index in [1.165, 1.54) is 18.4 Å². The van der Waals surface area contributed by atoms with Crippen LogP contribution in [0.15, 0.2) is 29.3 Å². The third kappa shape index (κ3) is 6.06. The van der Waals surface area contributed by atoms with E-state index in [1.807, 2.05) is 26.0 Å². The quantitative estimate of drug-likeness (QED) is 0.599. The van der Waals surface area contributed by atoms with Crippen LogP contribution in [0.5, 0.6) is 5.75 Å². The van der Waals surface area contributed by atoms with E-state index in [-0.39, 0.29) is 6.10 Å². The minimum Gasteiger partial charge on any atom is -0.491 e. The first-order valence-corrected chi connectivity index (χ1v) is 7.98. The maximum Gasteiger partial charge on any atom is 0.191 e. The third-order valence-electron chi connectivity index (χ3n) is 3.23. The van der Waals surface area contributed by atoms with Crippen LogP contribution in [0.1, 0.15) is 39.2 Å². The molecule has 0 atom stereocenters. The first-order valence-electron chi connectivity index (χ1n) is 7.98. The Morgan fingerprint density at radius 1 is 1.29 bits per heavy atom. The average molecular weight is 289 g/mol. The molecule has 0 saturated heterocycles. The number of rotatable bonds is 7. The van der Waals surface area contributed by atoms with Crippen molar-refractivity contribution in [1.29, 1.82) is 0 Å². The highest BCUT2D eigenvalue weighted by atomic mass is 16.5. The molecule has 1 aliphatic carbocycles. The molecular weight excluding hydrogens is 262 g/mol. The van der Waals surface area contributed by atoms with Gasteiger partial charge in [-0.1, -0.05) is 12.1 Å². The lowest BCUT2D eigenvalue weighted by Crippen LogP contribution is -2.38. The first-order chi connectivity index (χ1) is 10.2. The lowest BCUT2D eigenvalue weighted by molar-refractivity contribution is 0.242. The molecule has 0 radical (unpaired) electrons. The Morgan fingerprint density at radius 3 is 2.57 bits per heavy atom. The van der Waals surface area contributed by atoms with E-state index < -0.39 is 0 Å². The fourth-order valence-electron chi connectivity index (χ4n) is 2.04. The molecule has 21 heavy (non-hydrogen) atoms. The van der Waals surface area contributed by atoms with Gasteiger partial charge < -0.3 is 15.4 Å². The van der Waals surface area contributed by atoms with Gasteiger partial charge in [0.05, 0.1) is 6.10 Å². The molecule has 1 saturated carbocycles. The van der Waals surface area contributed by atoms with Gasteiger partial charge in [0.1, 0.15) is 5.75 Å². The van der Waals surface area contributed by atoms with E-state index >= 15 is 0 Å². The second kappa shape index (κ2) is 7.91. The molecule has 0 spiro atoms. The summed E-state index contributed by atoms with van der Waals surface area (Å²) in [6, 6.07) is 8.94. The summed E-state index contributed by atoms with van der Waals surface area (Å²) < 4.78 is 5.65. The van der Waals surface area contributed by atoms with Crippen LogP contribution in [-0.2, 0) is 6.42 Å². The standard InChI is InChI=1S/C17H27N3O/c1-4-18-17(20-15-7-8-15)19-12-11-14-5-9-16(10-6-14)21-13(2)3/h5-6,9-10,13,15H,4,7-8,11-12H2,1-3H3,(H2,18,19,20). The normalized spacial score (nSPS) is 15.1. The fraction of sp³-hybridized carbons (Fsp3) is 0.588. The number of nitrogens with zero attached hydrogens (tertiary/aromatic N) is 1. The maximum atomic E-state index is 5.65. The zero-order valence-corrected chi connectivity index (χ0v) is 13.4. The van der Waals surface area contributed by atoms with Crippen LogP contribution in [0, 0.1) is 0 Å². The summed E-state index contributed by atoms with van der Waals surface area (Å²) >= 11 is 0. The van der Waals surface area contributed by atoms with Gasteiger partial charge in [-0.2, -0.15) is 0 Å². The zero-order chi connectivity index (χ0) is 15.1. The lowest BCUT2D eigenvalue weighted by Gasteiger charge is -2.11. The van der Waals surface area contributed by atoms with Crippen molar-refractivity contribution in [2.24, 2.45) is 4.99 Å². The highest BCUT2D eigenvalue weighted by Gasteiger charge is 2.21. The maximum absolute atomic E-state index is 5.65. The number of benzene rings is 1. The summed E-state index contributed by atoms with van der Waals surface area (Å²) in [5.74, 6) is 1.88. The van der Waals surface area contributed by atoms with Crippen LogP contribution in [0.2, 0.25) is 0 Å². The molecule has 0 heterocycles. The molecule has 0 unspecified atom stereocenters. The summed E-state index contributed by atoms with van der Waals surface area (Å²) in [6.07, 6.45) is 3.70. The van der Waals surface area contributed by atoms with Crippen molar-refractivity contribution in [2.75, 3.05) is 13.1 Å². The summed E-state index contributed by atoms with van der Waals surface area (Å²) in [6.45, 7) is 7.87. The average Bonchev–Trinajstić information content (AvgIpc) is 3.24. The van der Waals surface area contributed by atoms with Crippen molar-refractivity contribution in [3.63, 3.8) is 0 Å². The van der Waals surface area contributed by atoms with Crippen molar-refractivity contribution in [1.82, 2.24) is 10.6 Å². The Bertz CT molecular complexity index is 450. The third-order valence-corrected chi connectivity index (χ3v) is 3.23. The highest BCUT2D eigenvalue weighted by molar-refractivity contribution is 5.80. The Hall–Kier alpha value is -1.71. The molecule has 0 amide bonds. The van der Waals surface area contributed by atoms with Crippen LogP contribution >= 0.6 is 0 Å². The Balaban J connectivity index is 1.80. The van der Waals surface area contributed by atoms with Crippen LogP contribution < -0.4 is 15.4 Å². The van der Waals surface area contributed by atoms with Crippen LogP contribution in [0.25, 0.3) is 0 Å². The highest BCUT2D eigenvalue weighted by Crippen LogP contribution is 2.18. The van der Waals surface area contributed by atoms with Gasteiger partial charge in [-0.3, -0.25) is 4.99 Å². The number of nitrogens with one attached hydrogen (secondary N) is 2. The van der Waals surface area contributed by atoms with E-state index in [2.05, 4.69) is 34.7 Å². The summed E-state index contributed by atoms with van der Waals surface area (Å²) in [5.41, 5.74) is 1.29. The number of guanidine groups is 1. The smallest absolute Gasteiger partial charge is 0.191 e. The van der Waals surface area contributed by atoms with Gasteiger partial charge in [-0.15, -0.1) is 0 Å². The van der Waals surface area contributed by atoms with Crippen LogP contribution in [-0.4, -0.2) is 31.2 Å². The first kappa shape index (κ1) is 15.7. The van der Waals surface area contributed by atoms with Crippen molar-refractivity contribution in [3.05, 3.63) is 29.8 Å². The molecule has 1 aromatic carbocycles. The van der Waals surface area contributed by atoms with E-state index in [9.17, 15) is 0 Å². The minimum absolute atomic E-state index is 0.219. The molecule has 1 fully saturated rings. The monoisotopic (exact) mass is 289 g/mol. The molecule has 4 nitrogen and oxygen atoms in total. The second-order valence-electron chi connectivity index (χ2n) is 5.74. The van der Waals surface area contributed by atoms with Gasteiger partial charge in [-0.25, -0.2) is 0 Å². The van der Waals surface area contributed by atoms with Crippen LogP contribution in [0.3, 0.4) is 0 Å². The summed E-state index contributed by atoms with van der Waals surface area (Å²) in [7, 11) is 0. The summed E-state index contributed by atoms with van der Waals surface area (Å²) in [4.78, 5) is 4.62. The van der Waals surface area contributed by atoms with Gasteiger partial charge in [-0.05, 0) is 57.7 Å². The molecule has 1 aromatic rings. The molecule has 2 N–H and O–H groups in total. The second-order valence-corrected chi connectivity index (χ2v) is 5.74. The lowest BCUT2D eigenvalue weighted by atomic mass is 10.1. The topological polar surface area (TPSA) is 45.7 Å². The summed E-state index contributed by atoms with van der Waals surface area (Å²) in [5, 5.41) is 6.72. The number of hydrogen-bond donors (Lipinski definition) is 2. The van der Waals surface area contributed by atoms with Crippen molar-refractivity contribution >= 4 is 5.96 Å². The predicted molar refractivity (Wildman–Crippen MR) is 88.0 cm³/mol. The number of hydrogen-bond acceptors (Lipinski definition) is 2. The minimum atomic E-state index is 0.219. The van der Waals surface area contributed by atoms with Crippen molar-refractivity contribution in [2.45, 2.75) is 52.2 Å². The molecule has 0 aliphatic heterocycles. The molecule has 1 aliphatic rings. The predicted octanol–water partition coefficient (Wildman–Crippen LogP) is 2.73.